The van der Waals surface area contributed by atoms with Crippen LogP contribution in [-0.4, -0.2) is 11.9 Å². The van der Waals surface area contributed by atoms with Gasteiger partial charge in [0.05, 0.1) is 0 Å². The lowest BCUT2D eigenvalue weighted by Gasteiger charge is -2.19. The molecule has 0 saturated carbocycles. The Labute approximate surface area is 94.8 Å². The fourth-order valence-corrected chi connectivity index (χ4v) is 1.46. The molecule has 0 aliphatic carbocycles. The highest BCUT2D eigenvalue weighted by atomic mass is 16.5. The van der Waals surface area contributed by atoms with E-state index in [9.17, 15) is 4.79 Å². The van der Waals surface area contributed by atoms with E-state index in [0.29, 0.717) is 5.75 Å². The summed E-state index contributed by atoms with van der Waals surface area (Å²) in [6.45, 7) is 3.45. The maximum atomic E-state index is 10.8. The molecule has 2 nitrogen and oxygen atoms in total. The van der Waals surface area contributed by atoms with Gasteiger partial charge in [-0.25, -0.2) is 0 Å². The number of carbonyl (C=O) groups is 1. The van der Waals surface area contributed by atoms with Gasteiger partial charge in [-0.1, -0.05) is 30.3 Å². The molecule has 0 amide bonds. The summed E-state index contributed by atoms with van der Waals surface area (Å²) in [5, 5.41) is 2.10. The Morgan fingerprint density at radius 2 is 1.94 bits per heavy atom. The molecule has 0 fully saturated rings. The smallest absolute Gasteiger partial charge is 0.162 e. The van der Waals surface area contributed by atoms with Crippen LogP contribution in [0.4, 0.5) is 0 Å². The number of carbonyl (C=O) groups excluding carboxylic acids is 1. The number of aldehydes is 1. The zero-order chi connectivity index (χ0) is 11.6. The molecule has 0 aliphatic rings. The molecule has 2 heteroatoms. The van der Waals surface area contributed by atoms with E-state index in [1.54, 1.807) is 13.8 Å². The molecule has 0 aromatic heterocycles. The summed E-state index contributed by atoms with van der Waals surface area (Å²) in [4.78, 5) is 10.8. The van der Waals surface area contributed by atoms with Crippen LogP contribution in [0.25, 0.3) is 10.8 Å². The maximum Gasteiger partial charge on any atom is 0.162 e. The van der Waals surface area contributed by atoms with Crippen molar-refractivity contribution in [3.8, 4) is 5.75 Å². The van der Waals surface area contributed by atoms with Gasteiger partial charge in [-0.3, -0.25) is 4.79 Å². The van der Waals surface area contributed by atoms with Gasteiger partial charge in [0, 0.05) is 6.07 Å². The van der Waals surface area contributed by atoms with Crippen LogP contribution in [-0.2, 0) is 4.79 Å². The van der Waals surface area contributed by atoms with Crippen molar-refractivity contribution in [1.29, 1.82) is 0 Å². The van der Waals surface area contributed by atoms with E-state index in [2.05, 4.69) is 6.07 Å². The SMILES string of the molecule is CC(C)(C=O)Oc1[c]c2ccccc2cc1. The average molecular weight is 213 g/mol. The molecular weight excluding hydrogens is 200 g/mol. The maximum absolute atomic E-state index is 10.8. The van der Waals surface area contributed by atoms with Crippen molar-refractivity contribution < 1.29 is 9.53 Å². The van der Waals surface area contributed by atoms with Crippen molar-refractivity contribution in [3.05, 3.63) is 42.5 Å². The van der Waals surface area contributed by atoms with Crippen LogP contribution in [0.5, 0.6) is 5.75 Å². The molecule has 0 aliphatic heterocycles. The quantitative estimate of drug-likeness (QED) is 0.732. The summed E-state index contributed by atoms with van der Waals surface area (Å²) in [5.41, 5.74) is -0.807. The minimum absolute atomic E-state index is 0.593. The van der Waals surface area contributed by atoms with Crippen LogP contribution in [0.2, 0.25) is 0 Å². The predicted molar refractivity (Wildman–Crippen MR) is 63.6 cm³/mol. The van der Waals surface area contributed by atoms with Gasteiger partial charge in [0.15, 0.2) is 11.9 Å². The molecule has 81 valence electrons. The number of rotatable bonds is 3. The van der Waals surface area contributed by atoms with Crippen molar-refractivity contribution in [2.75, 3.05) is 0 Å². The molecule has 0 atom stereocenters. The van der Waals surface area contributed by atoms with Crippen molar-refractivity contribution in [1.82, 2.24) is 0 Å². The molecular formula is C14H13O2. The van der Waals surface area contributed by atoms with Crippen molar-refractivity contribution in [2.45, 2.75) is 19.4 Å². The van der Waals surface area contributed by atoms with Crippen molar-refractivity contribution >= 4 is 17.1 Å². The van der Waals surface area contributed by atoms with Gasteiger partial charge >= 0.3 is 0 Å². The standard InChI is InChI=1S/C14H13O2/c1-14(2,10-15)16-13-8-7-11-5-3-4-6-12(11)9-13/h3-8,10H,1-2H3. The van der Waals surface area contributed by atoms with E-state index in [1.165, 1.54) is 0 Å². The largest absolute Gasteiger partial charge is 0.480 e. The van der Waals surface area contributed by atoms with E-state index in [-0.39, 0.29) is 0 Å². The Morgan fingerprint density at radius 3 is 2.69 bits per heavy atom. The molecule has 2 rings (SSSR count). The Morgan fingerprint density at radius 1 is 1.19 bits per heavy atom. The van der Waals surface area contributed by atoms with Crippen LogP contribution in [0.15, 0.2) is 36.4 Å². The molecule has 0 saturated heterocycles. The highest BCUT2D eigenvalue weighted by Gasteiger charge is 2.18. The highest BCUT2D eigenvalue weighted by molar-refractivity contribution is 5.83. The van der Waals surface area contributed by atoms with Gasteiger partial charge < -0.3 is 4.74 Å². The predicted octanol–water partition coefficient (Wildman–Crippen LogP) is 3.00. The van der Waals surface area contributed by atoms with Gasteiger partial charge in [-0.15, -0.1) is 0 Å². The molecule has 2 aromatic rings. The van der Waals surface area contributed by atoms with Crippen molar-refractivity contribution in [3.63, 3.8) is 0 Å². The lowest BCUT2D eigenvalue weighted by molar-refractivity contribution is -0.119. The Bertz CT molecular complexity index is 515. The molecule has 1 radical (unpaired) electrons. The second-order valence-electron chi connectivity index (χ2n) is 4.23. The molecule has 0 bridgehead atoms. The lowest BCUT2D eigenvalue weighted by atomic mass is 10.1. The first kappa shape index (κ1) is 10.7. The summed E-state index contributed by atoms with van der Waals surface area (Å²) in [6.07, 6.45) is 0.788. The Hall–Kier alpha value is -1.83. The number of benzene rings is 2. The van der Waals surface area contributed by atoms with Crippen LogP contribution in [0.1, 0.15) is 13.8 Å². The Balaban J connectivity index is 2.36. The minimum atomic E-state index is -0.807. The van der Waals surface area contributed by atoms with Crippen LogP contribution in [0, 0.1) is 6.07 Å². The second kappa shape index (κ2) is 3.97. The summed E-state index contributed by atoms with van der Waals surface area (Å²) >= 11 is 0. The van der Waals surface area contributed by atoms with Gasteiger partial charge in [-0.05, 0) is 30.7 Å². The molecule has 0 N–H and O–H groups in total. The third kappa shape index (κ3) is 2.22. The molecule has 16 heavy (non-hydrogen) atoms. The first-order valence-corrected chi connectivity index (χ1v) is 5.17. The van der Waals surface area contributed by atoms with Crippen LogP contribution < -0.4 is 4.74 Å². The Kier molecular flexibility index (Phi) is 2.65. The zero-order valence-corrected chi connectivity index (χ0v) is 9.36. The van der Waals surface area contributed by atoms with Gasteiger partial charge in [-0.2, -0.15) is 0 Å². The molecule has 0 unspecified atom stereocenters. The number of hydrogen-bond acceptors (Lipinski definition) is 2. The number of fused-ring (bicyclic) bond motifs is 1. The fraction of sp³-hybridized carbons (Fsp3) is 0.214. The topological polar surface area (TPSA) is 26.3 Å². The summed E-state index contributed by atoms with van der Waals surface area (Å²) < 4.78 is 5.54. The third-order valence-electron chi connectivity index (χ3n) is 2.29. The fourth-order valence-electron chi connectivity index (χ4n) is 1.46. The van der Waals surface area contributed by atoms with E-state index in [4.69, 9.17) is 4.74 Å². The third-order valence-corrected chi connectivity index (χ3v) is 2.29. The molecule has 0 spiro atoms. The molecule has 0 heterocycles. The summed E-state index contributed by atoms with van der Waals surface area (Å²) in [7, 11) is 0. The first-order valence-electron chi connectivity index (χ1n) is 5.17. The molecule has 2 aromatic carbocycles. The summed E-state index contributed by atoms with van der Waals surface area (Å²) in [5.74, 6) is 0.593. The van der Waals surface area contributed by atoms with E-state index >= 15 is 0 Å². The minimum Gasteiger partial charge on any atom is -0.480 e. The lowest BCUT2D eigenvalue weighted by Crippen LogP contribution is -2.29. The van der Waals surface area contributed by atoms with Gasteiger partial charge in [0.1, 0.15) is 5.75 Å². The normalized spacial score (nSPS) is 11.4. The number of ether oxygens (including phenoxy) is 1. The first-order chi connectivity index (χ1) is 7.61. The van der Waals surface area contributed by atoms with Gasteiger partial charge in [0.2, 0.25) is 0 Å². The van der Waals surface area contributed by atoms with Crippen molar-refractivity contribution in [2.24, 2.45) is 0 Å². The average Bonchev–Trinajstić information content (AvgIpc) is 2.28. The number of hydrogen-bond donors (Lipinski definition) is 0. The van der Waals surface area contributed by atoms with E-state index in [1.807, 2.05) is 36.4 Å². The summed E-state index contributed by atoms with van der Waals surface area (Å²) in [6, 6.07) is 14.8. The monoisotopic (exact) mass is 213 g/mol. The van der Waals surface area contributed by atoms with Gasteiger partial charge in [0.25, 0.3) is 0 Å². The highest BCUT2D eigenvalue weighted by Crippen LogP contribution is 2.22. The second-order valence-corrected chi connectivity index (χ2v) is 4.23. The zero-order valence-electron chi connectivity index (χ0n) is 9.36. The van der Waals surface area contributed by atoms with Crippen LogP contribution >= 0.6 is 0 Å². The van der Waals surface area contributed by atoms with Crippen LogP contribution in [0.3, 0.4) is 0 Å². The van der Waals surface area contributed by atoms with E-state index in [0.717, 1.165) is 17.1 Å². The van der Waals surface area contributed by atoms with E-state index < -0.39 is 5.60 Å².